The third-order valence-corrected chi connectivity index (χ3v) is 6.05. The van der Waals surface area contributed by atoms with Crippen LogP contribution in [0.3, 0.4) is 0 Å². The van der Waals surface area contributed by atoms with E-state index in [1.807, 2.05) is 13.8 Å². The number of nitrogens with one attached hydrogen (secondary N) is 1. The molecule has 0 spiro atoms. The second kappa shape index (κ2) is 7.04. The lowest BCUT2D eigenvalue weighted by Crippen LogP contribution is -2.54. The Kier molecular flexibility index (Phi) is 5.21. The van der Waals surface area contributed by atoms with Gasteiger partial charge in [0, 0.05) is 26.2 Å². The molecule has 0 saturated carbocycles. The number of aryl methyl sites for hydroxylation is 1. The summed E-state index contributed by atoms with van der Waals surface area (Å²) in [6.07, 6.45) is 1.45. The fourth-order valence-electron chi connectivity index (χ4n) is 3.16. The average molecular weight is 359 g/mol. The first-order valence-electron chi connectivity index (χ1n) is 8.24. The van der Waals surface area contributed by atoms with Gasteiger partial charge in [-0.2, -0.15) is 22.5 Å². The molecule has 0 unspecified atom stereocenters. The molecular formula is C14H25N5O4S. The summed E-state index contributed by atoms with van der Waals surface area (Å²) in [5, 5.41) is 4.37. The molecule has 136 valence electrons. The van der Waals surface area contributed by atoms with Crippen molar-refractivity contribution in [1.82, 2.24) is 23.8 Å². The van der Waals surface area contributed by atoms with E-state index < -0.39 is 10.2 Å². The molecule has 1 aromatic heterocycles. The fraction of sp³-hybridized carbons (Fsp3) is 0.857. The molecule has 1 aromatic rings. The third kappa shape index (κ3) is 3.62. The molecule has 1 saturated heterocycles. The molecule has 0 bridgehead atoms. The maximum absolute atomic E-state index is 12.8. The number of nitrogens with zero attached hydrogens (tertiary/aromatic N) is 4. The van der Waals surface area contributed by atoms with Crippen LogP contribution in [0.1, 0.15) is 44.4 Å². The summed E-state index contributed by atoms with van der Waals surface area (Å²) in [5.74, 6) is 1.23. The van der Waals surface area contributed by atoms with Crippen molar-refractivity contribution in [3.8, 4) is 0 Å². The number of hydrogen-bond acceptors (Lipinski definition) is 6. The molecule has 10 heteroatoms. The minimum atomic E-state index is -3.62. The van der Waals surface area contributed by atoms with Gasteiger partial charge in [-0.05, 0) is 26.7 Å². The normalized spacial score (nSPS) is 28.7. The van der Waals surface area contributed by atoms with Crippen molar-refractivity contribution in [1.29, 1.82) is 0 Å². The number of fused-ring (bicyclic) bond motifs is 1. The molecule has 2 aliphatic rings. The van der Waals surface area contributed by atoms with Gasteiger partial charge in [-0.1, -0.05) is 0 Å². The van der Waals surface area contributed by atoms with Gasteiger partial charge >= 0.3 is 0 Å². The Morgan fingerprint density at radius 1 is 1.42 bits per heavy atom. The highest BCUT2D eigenvalue weighted by Gasteiger charge is 2.36. The standard InChI is InChI=1S/C14H25N5O4S/c1-10-8-23-11(2)7-19(10)24(20,21)17-12-5-4-6-18-14(12)15-13(16-18)9-22-3/h10-12,17H,4-9H2,1-3H3/t10-,11-,12+/m1/s1. The number of methoxy groups -OCH3 is 1. The Bertz CT molecular complexity index is 677. The second-order valence-electron chi connectivity index (χ2n) is 6.42. The highest BCUT2D eigenvalue weighted by molar-refractivity contribution is 7.87. The Morgan fingerprint density at radius 2 is 2.21 bits per heavy atom. The molecule has 1 N–H and O–H groups in total. The zero-order chi connectivity index (χ0) is 17.3. The molecule has 0 radical (unpaired) electrons. The van der Waals surface area contributed by atoms with Crippen LogP contribution in [0.4, 0.5) is 0 Å². The first-order valence-corrected chi connectivity index (χ1v) is 9.68. The first kappa shape index (κ1) is 17.7. The quantitative estimate of drug-likeness (QED) is 0.807. The van der Waals surface area contributed by atoms with Crippen molar-refractivity contribution < 1.29 is 17.9 Å². The largest absolute Gasteiger partial charge is 0.377 e. The van der Waals surface area contributed by atoms with Gasteiger partial charge < -0.3 is 9.47 Å². The summed E-state index contributed by atoms with van der Waals surface area (Å²) in [6.45, 7) is 5.55. The molecule has 0 amide bonds. The SMILES string of the molecule is COCc1nc2n(n1)CCC[C@@H]2NS(=O)(=O)N1C[C@@H](C)OC[C@H]1C. The molecule has 9 nitrogen and oxygen atoms in total. The Hall–Kier alpha value is -1.07. The molecule has 0 aromatic carbocycles. The van der Waals surface area contributed by atoms with Gasteiger partial charge in [-0.3, -0.25) is 0 Å². The summed E-state index contributed by atoms with van der Waals surface area (Å²) in [6, 6.07) is -0.559. The fourth-order valence-corrected chi connectivity index (χ4v) is 4.82. The molecule has 2 aliphatic heterocycles. The lowest BCUT2D eigenvalue weighted by Gasteiger charge is -2.36. The van der Waals surface area contributed by atoms with E-state index in [1.165, 1.54) is 4.31 Å². The van der Waals surface area contributed by atoms with Crippen LogP contribution < -0.4 is 4.72 Å². The maximum atomic E-state index is 12.8. The van der Waals surface area contributed by atoms with Gasteiger partial charge in [0.1, 0.15) is 12.4 Å². The monoisotopic (exact) mass is 359 g/mol. The zero-order valence-corrected chi connectivity index (χ0v) is 15.1. The van der Waals surface area contributed by atoms with Gasteiger partial charge in [-0.15, -0.1) is 0 Å². The second-order valence-corrected chi connectivity index (χ2v) is 8.08. The summed E-state index contributed by atoms with van der Waals surface area (Å²) < 4.78 is 42.3. The number of ether oxygens (including phenoxy) is 2. The van der Waals surface area contributed by atoms with E-state index in [1.54, 1.807) is 11.8 Å². The van der Waals surface area contributed by atoms with Crippen LogP contribution in [0.2, 0.25) is 0 Å². The summed E-state index contributed by atoms with van der Waals surface area (Å²) in [7, 11) is -2.04. The van der Waals surface area contributed by atoms with Crippen LogP contribution in [-0.4, -0.2) is 59.9 Å². The lowest BCUT2D eigenvalue weighted by molar-refractivity contribution is -0.0176. The highest BCUT2D eigenvalue weighted by atomic mass is 32.2. The molecule has 0 aliphatic carbocycles. The maximum Gasteiger partial charge on any atom is 0.280 e. The molecule has 24 heavy (non-hydrogen) atoms. The highest BCUT2D eigenvalue weighted by Crippen LogP contribution is 2.25. The van der Waals surface area contributed by atoms with Crippen LogP contribution in [0.15, 0.2) is 0 Å². The first-order chi connectivity index (χ1) is 11.4. The van der Waals surface area contributed by atoms with Crippen molar-refractivity contribution in [2.45, 2.75) is 58.0 Å². The van der Waals surface area contributed by atoms with Crippen LogP contribution in [0.5, 0.6) is 0 Å². The van der Waals surface area contributed by atoms with Crippen LogP contribution in [-0.2, 0) is 32.8 Å². The van der Waals surface area contributed by atoms with Crippen molar-refractivity contribution in [2.75, 3.05) is 20.3 Å². The number of aromatic nitrogens is 3. The molecule has 3 atom stereocenters. The summed E-state index contributed by atoms with van der Waals surface area (Å²) in [5.41, 5.74) is 0. The van der Waals surface area contributed by atoms with Crippen LogP contribution >= 0.6 is 0 Å². The lowest BCUT2D eigenvalue weighted by atomic mass is 10.1. The van der Waals surface area contributed by atoms with Gasteiger partial charge in [0.05, 0.1) is 18.8 Å². The third-order valence-electron chi connectivity index (χ3n) is 4.34. The topological polar surface area (TPSA) is 98.6 Å². The van der Waals surface area contributed by atoms with E-state index in [0.29, 0.717) is 37.8 Å². The minimum Gasteiger partial charge on any atom is -0.377 e. The van der Waals surface area contributed by atoms with E-state index in [2.05, 4.69) is 14.8 Å². The predicted octanol–water partition coefficient (Wildman–Crippen LogP) is 0.203. The van der Waals surface area contributed by atoms with E-state index >= 15 is 0 Å². The van der Waals surface area contributed by atoms with Crippen molar-refractivity contribution in [2.24, 2.45) is 0 Å². The van der Waals surface area contributed by atoms with Gasteiger partial charge in [0.25, 0.3) is 10.2 Å². The van der Waals surface area contributed by atoms with Crippen LogP contribution in [0, 0.1) is 0 Å². The number of morpholine rings is 1. The molecule has 3 heterocycles. The molecule has 3 rings (SSSR count). The zero-order valence-electron chi connectivity index (χ0n) is 14.3. The van der Waals surface area contributed by atoms with Crippen molar-refractivity contribution in [3.63, 3.8) is 0 Å². The van der Waals surface area contributed by atoms with Gasteiger partial charge in [-0.25, -0.2) is 9.67 Å². The minimum absolute atomic E-state index is 0.110. The Labute approximate surface area is 142 Å². The summed E-state index contributed by atoms with van der Waals surface area (Å²) >= 11 is 0. The van der Waals surface area contributed by atoms with E-state index in [9.17, 15) is 8.42 Å². The van der Waals surface area contributed by atoms with E-state index in [4.69, 9.17) is 9.47 Å². The van der Waals surface area contributed by atoms with Crippen molar-refractivity contribution in [3.05, 3.63) is 11.6 Å². The number of rotatable bonds is 5. The summed E-state index contributed by atoms with van der Waals surface area (Å²) in [4.78, 5) is 4.44. The van der Waals surface area contributed by atoms with Gasteiger partial charge in [0.2, 0.25) is 0 Å². The molecular weight excluding hydrogens is 334 g/mol. The van der Waals surface area contributed by atoms with E-state index in [-0.39, 0.29) is 18.2 Å². The average Bonchev–Trinajstić information content (AvgIpc) is 2.93. The van der Waals surface area contributed by atoms with Crippen LogP contribution in [0.25, 0.3) is 0 Å². The predicted molar refractivity (Wildman–Crippen MR) is 86.3 cm³/mol. The Balaban J connectivity index is 1.78. The Morgan fingerprint density at radius 3 is 2.96 bits per heavy atom. The molecule has 1 fully saturated rings. The van der Waals surface area contributed by atoms with Gasteiger partial charge in [0.15, 0.2) is 5.82 Å². The van der Waals surface area contributed by atoms with E-state index in [0.717, 1.165) is 13.0 Å². The number of hydrogen-bond donors (Lipinski definition) is 1. The van der Waals surface area contributed by atoms with Crippen molar-refractivity contribution >= 4 is 10.2 Å². The smallest absolute Gasteiger partial charge is 0.280 e.